The third-order valence-electron chi connectivity index (χ3n) is 12.4. The summed E-state index contributed by atoms with van der Waals surface area (Å²) in [4.78, 5) is 2.50. The van der Waals surface area contributed by atoms with Gasteiger partial charge < -0.3 is 9.64 Å². The number of nitrogens with zero attached hydrogens (tertiary/aromatic N) is 1. The highest BCUT2D eigenvalue weighted by Gasteiger charge is 2.58. The molecule has 7 aromatic carbocycles. The second kappa shape index (κ2) is 10.7. The second-order valence-corrected chi connectivity index (χ2v) is 15.2. The minimum Gasteiger partial charge on any atom is -0.457 e. The first-order valence-corrected chi connectivity index (χ1v) is 18.4. The molecule has 248 valence electrons. The van der Waals surface area contributed by atoms with Gasteiger partial charge in [-0.05, 0) is 86.6 Å². The number of hydrogen-bond acceptors (Lipinski definition) is 2. The Morgan fingerprint density at radius 1 is 0.519 bits per heavy atom. The fourth-order valence-corrected chi connectivity index (χ4v) is 10.2. The van der Waals surface area contributed by atoms with Crippen LogP contribution < -0.4 is 9.64 Å². The Morgan fingerprint density at radius 2 is 1.19 bits per heavy atom. The molecule has 1 aliphatic heterocycles. The van der Waals surface area contributed by atoms with Crippen molar-refractivity contribution in [1.82, 2.24) is 0 Å². The molecule has 1 heterocycles. The topological polar surface area (TPSA) is 12.5 Å². The zero-order valence-corrected chi connectivity index (χ0v) is 29.3. The first-order chi connectivity index (χ1) is 25.5. The summed E-state index contributed by atoms with van der Waals surface area (Å²) in [5.74, 6) is 2.27. The van der Waals surface area contributed by atoms with Crippen LogP contribution in [0.15, 0.2) is 176 Å². The standard InChI is InChI=1S/C50H37NO/c1-49(2)40-19-8-5-16-36(40)39-29-28-35(31-44(39)49)51(34-27-26-32-14-3-4-15-33(32)30-34)45-23-13-25-47-48(45)50(43-22-11-12-24-46(43)52-47)41-20-9-6-17-37(41)38-18-7-10-21-42(38)50/h3-31,37,41H,1-2H3. The average molecular weight is 668 g/mol. The molecule has 0 bridgehead atoms. The fraction of sp³-hybridized carbons (Fsp3) is 0.120. The van der Waals surface area contributed by atoms with E-state index in [4.69, 9.17) is 4.74 Å². The lowest BCUT2D eigenvalue weighted by Crippen LogP contribution is -2.39. The molecule has 2 nitrogen and oxygen atoms in total. The van der Waals surface area contributed by atoms with Gasteiger partial charge in [0.15, 0.2) is 0 Å². The van der Waals surface area contributed by atoms with Gasteiger partial charge in [-0.15, -0.1) is 0 Å². The van der Waals surface area contributed by atoms with Gasteiger partial charge in [0.1, 0.15) is 11.5 Å². The third-order valence-corrected chi connectivity index (χ3v) is 12.4. The van der Waals surface area contributed by atoms with E-state index < -0.39 is 5.41 Å². The van der Waals surface area contributed by atoms with Gasteiger partial charge in [-0.2, -0.15) is 0 Å². The molecule has 0 N–H and O–H groups in total. The number of hydrogen-bond donors (Lipinski definition) is 0. The molecule has 3 unspecified atom stereocenters. The van der Waals surface area contributed by atoms with E-state index in [1.54, 1.807) is 0 Å². The second-order valence-electron chi connectivity index (χ2n) is 15.2. The van der Waals surface area contributed by atoms with Crippen molar-refractivity contribution in [1.29, 1.82) is 0 Å². The molecule has 3 atom stereocenters. The summed E-state index contributed by atoms with van der Waals surface area (Å²) in [5, 5.41) is 2.44. The Morgan fingerprint density at radius 3 is 2.10 bits per heavy atom. The SMILES string of the molecule is CC1(C)c2ccccc2-c2ccc(N(c3ccc4ccccc4c3)c3cccc4c3C3(c5ccccc5O4)c4ccccc4C4C=CC=CC43)cc21. The average Bonchev–Trinajstić information content (AvgIpc) is 3.61. The molecule has 2 heteroatoms. The van der Waals surface area contributed by atoms with Crippen LogP contribution in [0.2, 0.25) is 0 Å². The van der Waals surface area contributed by atoms with Crippen LogP contribution in [0.25, 0.3) is 21.9 Å². The zero-order valence-electron chi connectivity index (χ0n) is 29.3. The van der Waals surface area contributed by atoms with Gasteiger partial charge in [0.25, 0.3) is 0 Å². The van der Waals surface area contributed by atoms with E-state index in [-0.39, 0.29) is 17.3 Å². The van der Waals surface area contributed by atoms with E-state index in [1.807, 2.05) is 0 Å². The van der Waals surface area contributed by atoms with Crippen molar-refractivity contribution in [2.24, 2.45) is 5.92 Å². The maximum Gasteiger partial charge on any atom is 0.134 e. The van der Waals surface area contributed by atoms with Crippen molar-refractivity contribution in [2.45, 2.75) is 30.6 Å². The number of fused-ring (bicyclic) bond motifs is 13. The molecule has 11 rings (SSSR count). The molecule has 0 radical (unpaired) electrons. The smallest absolute Gasteiger partial charge is 0.134 e. The monoisotopic (exact) mass is 667 g/mol. The molecule has 1 spiro atoms. The largest absolute Gasteiger partial charge is 0.457 e. The minimum atomic E-state index is -0.482. The summed E-state index contributed by atoms with van der Waals surface area (Å²) >= 11 is 0. The summed E-state index contributed by atoms with van der Waals surface area (Å²) < 4.78 is 6.97. The number of anilines is 3. The first-order valence-electron chi connectivity index (χ1n) is 18.4. The highest BCUT2D eigenvalue weighted by molar-refractivity contribution is 5.93. The van der Waals surface area contributed by atoms with Crippen LogP contribution in [0.3, 0.4) is 0 Å². The molecule has 7 aromatic rings. The lowest BCUT2D eigenvalue weighted by molar-refractivity contribution is 0.375. The van der Waals surface area contributed by atoms with Gasteiger partial charge in [-0.3, -0.25) is 0 Å². The van der Waals surface area contributed by atoms with E-state index in [9.17, 15) is 0 Å². The molecule has 0 amide bonds. The van der Waals surface area contributed by atoms with E-state index in [1.165, 1.54) is 55.3 Å². The fourth-order valence-electron chi connectivity index (χ4n) is 10.2. The van der Waals surface area contributed by atoms with Crippen molar-refractivity contribution in [2.75, 3.05) is 4.90 Å². The molecular formula is C50H37NO. The van der Waals surface area contributed by atoms with Gasteiger partial charge in [0.2, 0.25) is 0 Å². The molecule has 52 heavy (non-hydrogen) atoms. The number of allylic oxidation sites excluding steroid dienone is 4. The van der Waals surface area contributed by atoms with Gasteiger partial charge >= 0.3 is 0 Å². The lowest BCUT2D eigenvalue weighted by Gasteiger charge is -2.45. The van der Waals surface area contributed by atoms with Crippen LogP contribution in [0.5, 0.6) is 11.5 Å². The summed E-state index contributed by atoms with van der Waals surface area (Å²) in [7, 11) is 0. The Bertz CT molecular complexity index is 2680. The predicted molar refractivity (Wildman–Crippen MR) is 214 cm³/mol. The number of rotatable bonds is 3. The van der Waals surface area contributed by atoms with Gasteiger partial charge in [0.05, 0.1) is 11.1 Å². The maximum atomic E-state index is 6.97. The molecule has 0 saturated heterocycles. The van der Waals surface area contributed by atoms with Crippen LogP contribution in [0.4, 0.5) is 17.1 Å². The minimum absolute atomic E-state index is 0.132. The van der Waals surface area contributed by atoms with Gasteiger partial charge in [-0.25, -0.2) is 0 Å². The first kappa shape index (κ1) is 29.6. The van der Waals surface area contributed by atoms with E-state index in [0.717, 1.165) is 28.6 Å². The summed E-state index contributed by atoms with van der Waals surface area (Å²) in [6, 6.07) is 56.1. The van der Waals surface area contributed by atoms with Crippen LogP contribution in [0.1, 0.15) is 53.1 Å². The van der Waals surface area contributed by atoms with E-state index in [2.05, 4.69) is 195 Å². The summed E-state index contributed by atoms with van der Waals surface area (Å²) in [6.45, 7) is 4.73. The summed E-state index contributed by atoms with van der Waals surface area (Å²) in [5.41, 5.74) is 13.3. The predicted octanol–water partition coefficient (Wildman–Crippen LogP) is 12.9. The van der Waals surface area contributed by atoms with Crippen molar-refractivity contribution >= 4 is 27.8 Å². The van der Waals surface area contributed by atoms with Gasteiger partial charge in [0, 0.05) is 39.8 Å². The molecule has 0 saturated carbocycles. The van der Waals surface area contributed by atoms with Gasteiger partial charge in [-0.1, -0.05) is 147 Å². The van der Waals surface area contributed by atoms with Crippen molar-refractivity contribution in [3.8, 4) is 22.6 Å². The quantitative estimate of drug-likeness (QED) is 0.186. The van der Waals surface area contributed by atoms with Crippen LogP contribution in [-0.4, -0.2) is 0 Å². The molecule has 0 fully saturated rings. The molecular weight excluding hydrogens is 631 g/mol. The summed E-state index contributed by atoms with van der Waals surface area (Å²) in [6.07, 6.45) is 9.32. The zero-order chi connectivity index (χ0) is 34.6. The van der Waals surface area contributed by atoms with Crippen LogP contribution >= 0.6 is 0 Å². The lowest BCUT2D eigenvalue weighted by atomic mass is 9.61. The molecule has 4 aliphatic rings. The Labute approximate surface area is 305 Å². The molecule has 0 aromatic heterocycles. The Hall–Kier alpha value is -6.12. The highest BCUT2D eigenvalue weighted by Crippen LogP contribution is 2.67. The van der Waals surface area contributed by atoms with Crippen molar-refractivity contribution in [3.05, 3.63) is 209 Å². The number of para-hydroxylation sites is 1. The normalized spacial score (nSPS) is 20.7. The Kier molecular flexibility index (Phi) is 6.09. The molecule has 3 aliphatic carbocycles. The van der Waals surface area contributed by atoms with E-state index >= 15 is 0 Å². The highest BCUT2D eigenvalue weighted by atomic mass is 16.5. The van der Waals surface area contributed by atoms with Crippen molar-refractivity contribution < 1.29 is 4.74 Å². The van der Waals surface area contributed by atoms with Crippen LogP contribution in [0, 0.1) is 5.92 Å². The van der Waals surface area contributed by atoms with E-state index in [0.29, 0.717) is 0 Å². The maximum absolute atomic E-state index is 6.97. The third kappa shape index (κ3) is 3.84. The van der Waals surface area contributed by atoms with Crippen LogP contribution in [-0.2, 0) is 10.8 Å². The number of benzene rings is 7. The number of ether oxygens (including phenoxy) is 1. The Balaban J connectivity index is 1.23. The van der Waals surface area contributed by atoms with Crippen molar-refractivity contribution in [3.63, 3.8) is 0 Å².